The maximum absolute atomic E-state index is 10.9. The van der Waals surface area contributed by atoms with Crippen molar-refractivity contribution in [2.45, 2.75) is 6.42 Å². The number of anilines is 1. The van der Waals surface area contributed by atoms with Gasteiger partial charge in [-0.15, -0.1) is 0 Å². The second-order valence-corrected chi connectivity index (χ2v) is 4.11. The first-order valence-corrected chi connectivity index (χ1v) is 6.12. The van der Waals surface area contributed by atoms with E-state index in [1.165, 1.54) is 0 Å². The predicted molar refractivity (Wildman–Crippen MR) is 74.7 cm³/mol. The van der Waals surface area contributed by atoms with Crippen LogP contribution in [0.15, 0.2) is 60.7 Å². The van der Waals surface area contributed by atoms with Crippen LogP contribution < -0.4 is 10.4 Å². The predicted octanol–water partition coefficient (Wildman–Crippen LogP) is 2.32. The van der Waals surface area contributed by atoms with Gasteiger partial charge in [-0.2, -0.15) is 0 Å². The van der Waals surface area contributed by atoms with Gasteiger partial charge in [0.2, 0.25) is 5.91 Å². The van der Waals surface area contributed by atoms with Crippen LogP contribution in [0.4, 0.5) is 5.69 Å². The standard InChI is InChI=1S/C9H10N2O.C6H6O/c12-9-6-7-11(10-9)8-4-2-1-3-5-8;7-6-4-2-1-3-5-6/h1-5H,6-7H2,(H,10,12);1-5,7H. The minimum absolute atomic E-state index is 0.0962. The molecule has 2 aromatic carbocycles. The molecule has 0 saturated carbocycles. The monoisotopic (exact) mass is 256 g/mol. The molecule has 3 rings (SSSR count). The van der Waals surface area contributed by atoms with Crippen molar-refractivity contribution in [1.82, 2.24) is 5.43 Å². The number of hydrazine groups is 1. The molecule has 1 saturated heterocycles. The van der Waals surface area contributed by atoms with Gasteiger partial charge in [-0.3, -0.25) is 15.2 Å². The number of aromatic hydroxyl groups is 1. The second-order valence-electron chi connectivity index (χ2n) is 4.11. The molecule has 1 fully saturated rings. The highest BCUT2D eigenvalue weighted by Gasteiger charge is 2.17. The lowest BCUT2D eigenvalue weighted by Gasteiger charge is -2.16. The van der Waals surface area contributed by atoms with Crippen LogP contribution in [0, 0.1) is 0 Å². The molecule has 2 N–H and O–H groups in total. The van der Waals surface area contributed by atoms with Crippen LogP contribution in [0.3, 0.4) is 0 Å². The number of phenolic OH excluding ortho intramolecular Hbond substituents is 1. The fourth-order valence-corrected chi connectivity index (χ4v) is 1.71. The molecule has 0 bridgehead atoms. The summed E-state index contributed by atoms with van der Waals surface area (Å²) in [5, 5.41) is 10.5. The summed E-state index contributed by atoms with van der Waals surface area (Å²) in [6, 6.07) is 18.5. The third-order valence-corrected chi connectivity index (χ3v) is 2.65. The van der Waals surface area contributed by atoms with E-state index in [1.54, 1.807) is 24.3 Å². The molecule has 1 heterocycles. The molecule has 1 amide bonds. The molecule has 19 heavy (non-hydrogen) atoms. The third kappa shape index (κ3) is 4.03. The Morgan fingerprint density at radius 3 is 1.95 bits per heavy atom. The number of hydrogen-bond acceptors (Lipinski definition) is 3. The van der Waals surface area contributed by atoms with Gasteiger partial charge in [0.05, 0.1) is 5.69 Å². The number of carbonyl (C=O) groups excluding carboxylic acids is 1. The molecule has 4 nitrogen and oxygen atoms in total. The van der Waals surface area contributed by atoms with Crippen LogP contribution >= 0.6 is 0 Å². The van der Waals surface area contributed by atoms with E-state index in [0.717, 1.165) is 12.2 Å². The second kappa shape index (κ2) is 6.44. The fraction of sp³-hybridized carbons (Fsp3) is 0.133. The van der Waals surface area contributed by atoms with E-state index >= 15 is 0 Å². The molecule has 0 radical (unpaired) electrons. The Balaban J connectivity index is 0.000000163. The molecular formula is C15H16N2O2. The van der Waals surface area contributed by atoms with Crippen LogP contribution in [0.5, 0.6) is 5.75 Å². The molecular weight excluding hydrogens is 240 g/mol. The number of nitrogens with one attached hydrogen (secondary N) is 1. The lowest BCUT2D eigenvalue weighted by molar-refractivity contribution is -0.119. The number of benzene rings is 2. The highest BCUT2D eigenvalue weighted by molar-refractivity contribution is 5.81. The van der Waals surface area contributed by atoms with Gasteiger partial charge in [-0.1, -0.05) is 36.4 Å². The fourth-order valence-electron chi connectivity index (χ4n) is 1.71. The van der Waals surface area contributed by atoms with Crippen molar-refractivity contribution in [3.05, 3.63) is 60.7 Å². The van der Waals surface area contributed by atoms with Crippen molar-refractivity contribution in [3.8, 4) is 5.75 Å². The molecule has 0 aliphatic carbocycles. The Labute approximate surface area is 112 Å². The van der Waals surface area contributed by atoms with Gasteiger partial charge >= 0.3 is 0 Å². The normalized spacial score (nSPS) is 13.5. The highest BCUT2D eigenvalue weighted by atomic mass is 16.3. The van der Waals surface area contributed by atoms with Gasteiger partial charge in [-0.05, 0) is 24.3 Å². The first kappa shape index (κ1) is 13.0. The largest absolute Gasteiger partial charge is 0.508 e. The van der Waals surface area contributed by atoms with E-state index in [2.05, 4.69) is 5.43 Å². The summed E-state index contributed by atoms with van der Waals surface area (Å²) in [4.78, 5) is 10.9. The Kier molecular flexibility index (Phi) is 4.39. The number of carbonyl (C=O) groups is 1. The number of nitrogens with zero attached hydrogens (tertiary/aromatic N) is 1. The van der Waals surface area contributed by atoms with Crippen LogP contribution in [-0.2, 0) is 4.79 Å². The summed E-state index contributed by atoms with van der Waals surface area (Å²) in [7, 11) is 0. The topological polar surface area (TPSA) is 52.6 Å². The zero-order valence-electron chi connectivity index (χ0n) is 10.5. The van der Waals surface area contributed by atoms with E-state index < -0.39 is 0 Å². The van der Waals surface area contributed by atoms with Crippen molar-refractivity contribution in [1.29, 1.82) is 0 Å². The molecule has 1 aliphatic heterocycles. The Morgan fingerprint density at radius 1 is 0.947 bits per heavy atom. The average Bonchev–Trinajstić information content (AvgIpc) is 2.88. The highest BCUT2D eigenvalue weighted by Crippen LogP contribution is 2.13. The Hall–Kier alpha value is -2.49. The van der Waals surface area contributed by atoms with E-state index in [1.807, 2.05) is 41.4 Å². The summed E-state index contributed by atoms with van der Waals surface area (Å²) in [5.74, 6) is 0.418. The van der Waals surface area contributed by atoms with Gasteiger partial charge in [-0.25, -0.2) is 0 Å². The van der Waals surface area contributed by atoms with Gasteiger partial charge in [0.15, 0.2) is 0 Å². The Morgan fingerprint density at radius 2 is 1.53 bits per heavy atom. The number of phenols is 1. The van der Waals surface area contributed by atoms with E-state index in [4.69, 9.17) is 5.11 Å². The molecule has 98 valence electrons. The van der Waals surface area contributed by atoms with Crippen molar-refractivity contribution >= 4 is 11.6 Å². The number of rotatable bonds is 1. The van der Waals surface area contributed by atoms with E-state index in [9.17, 15) is 4.79 Å². The van der Waals surface area contributed by atoms with Crippen LogP contribution in [0.2, 0.25) is 0 Å². The quantitative estimate of drug-likeness (QED) is 0.823. The maximum atomic E-state index is 10.9. The molecule has 1 aliphatic rings. The van der Waals surface area contributed by atoms with Gasteiger partial charge in [0, 0.05) is 13.0 Å². The van der Waals surface area contributed by atoms with E-state index in [-0.39, 0.29) is 5.91 Å². The van der Waals surface area contributed by atoms with Crippen molar-refractivity contribution in [2.75, 3.05) is 11.6 Å². The van der Waals surface area contributed by atoms with Gasteiger partial charge in [0.25, 0.3) is 0 Å². The lowest BCUT2D eigenvalue weighted by atomic mass is 10.3. The van der Waals surface area contributed by atoms with Crippen LogP contribution in [-0.4, -0.2) is 17.6 Å². The molecule has 0 unspecified atom stereocenters. The van der Waals surface area contributed by atoms with E-state index in [0.29, 0.717) is 12.2 Å². The summed E-state index contributed by atoms with van der Waals surface area (Å²) < 4.78 is 0. The first-order chi connectivity index (χ1) is 9.25. The van der Waals surface area contributed by atoms with Crippen molar-refractivity contribution in [2.24, 2.45) is 0 Å². The third-order valence-electron chi connectivity index (χ3n) is 2.65. The smallest absolute Gasteiger partial charge is 0.240 e. The Bertz CT molecular complexity index is 514. The molecule has 0 aromatic heterocycles. The number of para-hydroxylation sites is 2. The molecule has 2 aromatic rings. The maximum Gasteiger partial charge on any atom is 0.240 e. The van der Waals surface area contributed by atoms with Crippen LogP contribution in [0.1, 0.15) is 6.42 Å². The van der Waals surface area contributed by atoms with Gasteiger partial charge < -0.3 is 5.11 Å². The van der Waals surface area contributed by atoms with Crippen molar-refractivity contribution in [3.63, 3.8) is 0 Å². The molecule has 0 atom stereocenters. The van der Waals surface area contributed by atoms with Gasteiger partial charge in [0.1, 0.15) is 5.75 Å². The summed E-state index contributed by atoms with van der Waals surface area (Å²) in [6.07, 6.45) is 0.592. The molecule has 4 heteroatoms. The zero-order valence-corrected chi connectivity index (χ0v) is 10.5. The summed E-state index contributed by atoms with van der Waals surface area (Å²) >= 11 is 0. The SMILES string of the molecule is O=C1CCN(c2ccccc2)N1.Oc1ccccc1. The lowest BCUT2D eigenvalue weighted by Crippen LogP contribution is -2.32. The summed E-state index contributed by atoms with van der Waals surface area (Å²) in [6.45, 7) is 0.767. The molecule has 0 spiro atoms. The minimum atomic E-state index is 0.0962. The first-order valence-electron chi connectivity index (χ1n) is 6.12. The average molecular weight is 256 g/mol. The minimum Gasteiger partial charge on any atom is -0.508 e. The number of hydrogen-bond donors (Lipinski definition) is 2. The van der Waals surface area contributed by atoms with Crippen LogP contribution in [0.25, 0.3) is 0 Å². The zero-order chi connectivity index (χ0) is 13.5. The summed E-state index contributed by atoms with van der Waals surface area (Å²) in [5.41, 5.74) is 3.81. The number of amides is 1. The van der Waals surface area contributed by atoms with Crippen molar-refractivity contribution < 1.29 is 9.90 Å².